The molecule has 2 rings (SSSR count). The van der Waals surface area contributed by atoms with E-state index in [0.29, 0.717) is 5.75 Å². The third-order valence-corrected chi connectivity index (χ3v) is 3.73. The number of rotatable bonds is 4. The molecule has 0 aliphatic rings. The van der Waals surface area contributed by atoms with Crippen molar-refractivity contribution in [1.82, 2.24) is 0 Å². The van der Waals surface area contributed by atoms with Crippen LogP contribution < -0.4 is 10.5 Å². The normalized spacial score (nSPS) is 12.4. The molecule has 0 amide bonds. The van der Waals surface area contributed by atoms with Crippen LogP contribution in [0.1, 0.15) is 16.5 Å². The molecule has 0 aliphatic heterocycles. The van der Waals surface area contributed by atoms with Crippen LogP contribution in [0.5, 0.6) is 5.75 Å². The summed E-state index contributed by atoms with van der Waals surface area (Å²) in [5.41, 5.74) is 6.00. The summed E-state index contributed by atoms with van der Waals surface area (Å²) in [6.45, 7) is 0. The van der Waals surface area contributed by atoms with E-state index in [1.54, 1.807) is 13.2 Å². The number of hydrogen-bond donors (Lipinski definition) is 1. The Kier molecular flexibility index (Phi) is 3.93. The van der Waals surface area contributed by atoms with E-state index >= 15 is 0 Å². The Balaban J connectivity index is 2.24. The Hall–Kier alpha value is -1.46. The number of benzene rings is 1. The van der Waals surface area contributed by atoms with E-state index in [1.807, 2.05) is 5.38 Å². The first kappa shape index (κ1) is 13.0. The average Bonchev–Trinajstić information content (AvgIpc) is 2.82. The molecule has 2 aromatic rings. The van der Waals surface area contributed by atoms with Crippen molar-refractivity contribution in [3.63, 3.8) is 0 Å². The molecular formula is C13H13F2NOS. The largest absolute Gasteiger partial charge is 0.496 e. The van der Waals surface area contributed by atoms with Gasteiger partial charge in [0, 0.05) is 11.6 Å². The molecule has 1 unspecified atom stereocenters. The summed E-state index contributed by atoms with van der Waals surface area (Å²) in [6.07, 6.45) is 0.107. The molecule has 0 saturated heterocycles. The van der Waals surface area contributed by atoms with Crippen LogP contribution in [0.2, 0.25) is 0 Å². The summed E-state index contributed by atoms with van der Waals surface area (Å²) >= 11 is 1.42. The second kappa shape index (κ2) is 5.46. The van der Waals surface area contributed by atoms with Gasteiger partial charge in [0.15, 0.2) is 0 Å². The first-order valence-electron chi connectivity index (χ1n) is 5.43. The second-order valence-corrected chi connectivity index (χ2v) is 4.81. The summed E-state index contributed by atoms with van der Waals surface area (Å²) in [5, 5.41) is 1.84. The predicted molar refractivity (Wildman–Crippen MR) is 67.9 cm³/mol. The van der Waals surface area contributed by atoms with E-state index in [1.165, 1.54) is 29.5 Å². The van der Waals surface area contributed by atoms with Crippen molar-refractivity contribution in [2.24, 2.45) is 5.73 Å². The molecule has 18 heavy (non-hydrogen) atoms. The minimum Gasteiger partial charge on any atom is -0.496 e. The highest BCUT2D eigenvalue weighted by molar-refractivity contribution is 7.10. The summed E-state index contributed by atoms with van der Waals surface area (Å²) in [5.74, 6) is -0.480. The minimum absolute atomic E-state index is 0.0143. The molecule has 1 heterocycles. The second-order valence-electron chi connectivity index (χ2n) is 3.86. The quantitative estimate of drug-likeness (QED) is 0.924. The summed E-state index contributed by atoms with van der Waals surface area (Å²) in [4.78, 5) is 0.792. The number of nitrogens with two attached hydrogens (primary N) is 1. The maximum absolute atomic E-state index is 13.5. The van der Waals surface area contributed by atoms with Gasteiger partial charge in [0.25, 0.3) is 0 Å². The van der Waals surface area contributed by atoms with Crippen LogP contribution in [0.4, 0.5) is 8.78 Å². The van der Waals surface area contributed by atoms with Crippen molar-refractivity contribution in [1.29, 1.82) is 0 Å². The van der Waals surface area contributed by atoms with Crippen LogP contribution in [0.15, 0.2) is 29.6 Å². The van der Waals surface area contributed by atoms with E-state index in [9.17, 15) is 8.78 Å². The molecule has 0 fully saturated rings. The van der Waals surface area contributed by atoms with E-state index in [2.05, 4.69) is 0 Å². The fourth-order valence-corrected chi connectivity index (χ4v) is 2.65. The molecule has 0 aliphatic carbocycles. The Morgan fingerprint density at radius 3 is 2.56 bits per heavy atom. The SMILES string of the molecule is COc1ccsc1C(N)Cc1c(F)cccc1F. The minimum atomic E-state index is -0.569. The Morgan fingerprint density at radius 2 is 1.94 bits per heavy atom. The van der Waals surface area contributed by atoms with Gasteiger partial charge in [-0.15, -0.1) is 11.3 Å². The monoisotopic (exact) mass is 269 g/mol. The highest BCUT2D eigenvalue weighted by Crippen LogP contribution is 2.32. The third kappa shape index (κ3) is 2.52. The smallest absolute Gasteiger partial charge is 0.134 e. The van der Waals surface area contributed by atoms with E-state index in [0.717, 1.165) is 4.88 Å². The fraction of sp³-hybridized carbons (Fsp3) is 0.231. The van der Waals surface area contributed by atoms with Gasteiger partial charge in [0.1, 0.15) is 17.4 Å². The van der Waals surface area contributed by atoms with Gasteiger partial charge in [-0.3, -0.25) is 0 Å². The number of hydrogen-bond acceptors (Lipinski definition) is 3. The van der Waals surface area contributed by atoms with Crippen molar-refractivity contribution in [2.75, 3.05) is 7.11 Å². The summed E-state index contributed by atoms with van der Waals surface area (Å²) < 4.78 is 32.2. The van der Waals surface area contributed by atoms with Gasteiger partial charge in [-0.05, 0) is 30.0 Å². The lowest BCUT2D eigenvalue weighted by atomic mass is 10.0. The van der Waals surface area contributed by atoms with Crippen molar-refractivity contribution < 1.29 is 13.5 Å². The van der Waals surface area contributed by atoms with Gasteiger partial charge in [-0.1, -0.05) is 6.07 Å². The molecule has 2 N–H and O–H groups in total. The lowest BCUT2D eigenvalue weighted by Gasteiger charge is -2.13. The highest BCUT2D eigenvalue weighted by Gasteiger charge is 2.18. The first-order chi connectivity index (χ1) is 8.63. The number of methoxy groups -OCH3 is 1. The van der Waals surface area contributed by atoms with E-state index < -0.39 is 17.7 Å². The lowest BCUT2D eigenvalue weighted by molar-refractivity contribution is 0.408. The topological polar surface area (TPSA) is 35.2 Å². The summed E-state index contributed by atoms with van der Waals surface area (Å²) in [6, 6.07) is 5.11. The molecule has 0 saturated carbocycles. The molecule has 1 aromatic carbocycles. The molecular weight excluding hydrogens is 256 g/mol. The van der Waals surface area contributed by atoms with Crippen LogP contribution in [0.3, 0.4) is 0 Å². The highest BCUT2D eigenvalue weighted by atomic mass is 32.1. The van der Waals surface area contributed by atoms with Gasteiger partial charge < -0.3 is 10.5 Å². The standard InChI is InChI=1S/C13H13F2NOS/c1-17-12-5-6-18-13(12)11(16)7-8-9(14)3-2-4-10(8)15/h2-6,11H,7,16H2,1H3. The Labute approximate surface area is 108 Å². The van der Waals surface area contributed by atoms with E-state index in [-0.39, 0.29) is 12.0 Å². The van der Waals surface area contributed by atoms with Gasteiger partial charge in [0.2, 0.25) is 0 Å². The zero-order valence-electron chi connectivity index (χ0n) is 9.82. The van der Waals surface area contributed by atoms with Crippen LogP contribution in [0, 0.1) is 11.6 Å². The van der Waals surface area contributed by atoms with E-state index in [4.69, 9.17) is 10.5 Å². The van der Waals surface area contributed by atoms with Crippen LogP contribution in [-0.2, 0) is 6.42 Å². The maximum Gasteiger partial charge on any atom is 0.134 e. The molecule has 0 bridgehead atoms. The molecule has 0 radical (unpaired) electrons. The summed E-state index contributed by atoms with van der Waals surface area (Å²) in [7, 11) is 1.54. The molecule has 96 valence electrons. The van der Waals surface area contributed by atoms with Crippen LogP contribution in [-0.4, -0.2) is 7.11 Å². The van der Waals surface area contributed by atoms with Crippen LogP contribution in [0.25, 0.3) is 0 Å². The fourth-order valence-electron chi connectivity index (χ4n) is 1.79. The number of halogens is 2. The zero-order valence-corrected chi connectivity index (χ0v) is 10.6. The van der Waals surface area contributed by atoms with Gasteiger partial charge >= 0.3 is 0 Å². The van der Waals surface area contributed by atoms with Gasteiger partial charge in [0.05, 0.1) is 12.0 Å². The number of thiophene rings is 1. The Bertz CT molecular complexity index is 521. The Morgan fingerprint density at radius 1 is 1.28 bits per heavy atom. The third-order valence-electron chi connectivity index (χ3n) is 2.70. The van der Waals surface area contributed by atoms with Crippen molar-refractivity contribution in [3.8, 4) is 5.75 Å². The maximum atomic E-state index is 13.5. The van der Waals surface area contributed by atoms with Crippen molar-refractivity contribution in [2.45, 2.75) is 12.5 Å². The molecule has 1 atom stereocenters. The van der Waals surface area contributed by atoms with Crippen LogP contribution >= 0.6 is 11.3 Å². The molecule has 1 aromatic heterocycles. The van der Waals surface area contributed by atoms with Crippen molar-refractivity contribution >= 4 is 11.3 Å². The molecule has 5 heteroatoms. The first-order valence-corrected chi connectivity index (χ1v) is 6.31. The molecule has 2 nitrogen and oxygen atoms in total. The zero-order chi connectivity index (χ0) is 13.1. The molecule has 0 spiro atoms. The predicted octanol–water partition coefficient (Wildman–Crippen LogP) is 3.28. The lowest BCUT2D eigenvalue weighted by Crippen LogP contribution is -2.14. The average molecular weight is 269 g/mol. The van der Waals surface area contributed by atoms with Gasteiger partial charge in [-0.25, -0.2) is 8.78 Å². The van der Waals surface area contributed by atoms with Crippen molar-refractivity contribution in [3.05, 3.63) is 51.7 Å². The van der Waals surface area contributed by atoms with Gasteiger partial charge in [-0.2, -0.15) is 0 Å². The number of ether oxygens (including phenoxy) is 1.